The van der Waals surface area contributed by atoms with Gasteiger partial charge in [0.2, 0.25) is 5.91 Å². The summed E-state index contributed by atoms with van der Waals surface area (Å²) in [7, 11) is -1.83. The smallest absolute Gasteiger partial charge is 0.352 e. The summed E-state index contributed by atoms with van der Waals surface area (Å²) in [4.78, 5) is 37.8. The quantitative estimate of drug-likeness (QED) is 0.454. The zero-order chi connectivity index (χ0) is 22.2. The van der Waals surface area contributed by atoms with Crippen molar-refractivity contribution in [3.63, 3.8) is 0 Å². The Morgan fingerprint density at radius 1 is 1.27 bits per heavy atom. The summed E-state index contributed by atoms with van der Waals surface area (Å²) in [6.45, 7) is 10.5. The third kappa shape index (κ3) is 4.27. The lowest BCUT2D eigenvalue weighted by atomic mass is 9.82. The van der Waals surface area contributed by atoms with Crippen molar-refractivity contribution >= 4 is 37.5 Å². The highest BCUT2D eigenvalue weighted by molar-refractivity contribution is 6.69. The van der Waals surface area contributed by atoms with E-state index in [1.165, 1.54) is 4.90 Å². The number of hydrogen-bond donors (Lipinski definition) is 3. The van der Waals surface area contributed by atoms with Crippen molar-refractivity contribution < 1.29 is 23.9 Å². The fraction of sp³-hybridized carbons (Fsp3) is 0.476. The van der Waals surface area contributed by atoms with Crippen LogP contribution in [-0.4, -0.2) is 54.9 Å². The summed E-state index contributed by atoms with van der Waals surface area (Å²) in [5.74, 6) is -1.63. The number of hydrogen-bond acceptors (Lipinski definition) is 4. The minimum atomic E-state index is -1.83. The van der Waals surface area contributed by atoms with E-state index in [1.54, 1.807) is 24.3 Å². The molecule has 9 heteroatoms. The number of nitrogens with one attached hydrogen (secondary N) is 2. The van der Waals surface area contributed by atoms with Crippen molar-refractivity contribution in [2.75, 3.05) is 11.9 Å². The lowest BCUT2D eigenvalue weighted by molar-refractivity contribution is -0.160. The van der Waals surface area contributed by atoms with E-state index in [0.717, 1.165) is 5.56 Å². The standard InChI is InChI=1S/C21H29N3O5Si/c1-6-22-21(28)23-14-9-7-13(8-10-14)15-11-16-17(12(2)29-30(3,4)5)19(25)24(16)18(15)20(26)27/h7-10,12,16-17H,6,11H2,1-5H3,(H,26,27)(H2,22,23,28)/t12-,16-,17-/m1/s1. The van der Waals surface area contributed by atoms with Gasteiger partial charge in [-0.1, -0.05) is 12.1 Å². The number of carbonyl (C=O) groups excluding carboxylic acids is 2. The molecule has 1 fully saturated rings. The molecule has 1 aromatic rings. The van der Waals surface area contributed by atoms with E-state index < -0.39 is 14.3 Å². The minimum Gasteiger partial charge on any atom is -0.477 e. The van der Waals surface area contributed by atoms with Gasteiger partial charge in [-0.05, 0) is 63.2 Å². The Kier molecular flexibility index (Phi) is 6.05. The number of fused-ring (bicyclic) bond motifs is 1. The maximum Gasteiger partial charge on any atom is 0.352 e. The number of carboxylic acids is 1. The molecule has 1 aromatic carbocycles. The third-order valence-electron chi connectivity index (χ3n) is 5.29. The second-order valence-corrected chi connectivity index (χ2v) is 13.1. The van der Waals surface area contributed by atoms with Crippen molar-refractivity contribution in [1.29, 1.82) is 0 Å². The molecule has 8 nitrogen and oxygen atoms in total. The Labute approximate surface area is 177 Å². The molecule has 2 aliphatic heterocycles. The van der Waals surface area contributed by atoms with Crippen LogP contribution in [0.3, 0.4) is 0 Å². The highest BCUT2D eigenvalue weighted by atomic mass is 28.4. The summed E-state index contributed by atoms with van der Waals surface area (Å²) in [6, 6.07) is 6.50. The van der Waals surface area contributed by atoms with E-state index in [-0.39, 0.29) is 35.7 Å². The molecule has 0 saturated carbocycles. The molecule has 2 heterocycles. The van der Waals surface area contributed by atoms with Gasteiger partial charge in [-0.2, -0.15) is 0 Å². The van der Waals surface area contributed by atoms with Crippen LogP contribution in [0.5, 0.6) is 0 Å². The maximum absolute atomic E-state index is 12.8. The van der Waals surface area contributed by atoms with Crippen molar-refractivity contribution in [3.05, 3.63) is 35.5 Å². The van der Waals surface area contributed by atoms with Crippen molar-refractivity contribution in [2.24, 2.45) is 5.92 Å². The van der Waals surface area contributed by atoms with Crippen molar-refractivity contribution in [1.82, 2.24) is 10.2 Å². The number of carboxylic acid groups (broad SMARTS) is 1. The van der Waals surface area contributed by atoms with Crippen LogP contribution in [0, 0.1) is 5.92 Å². The molecule has 0 aliphatic carbocycles. The lowest BCUT2D eigenvalue weighted by Crippen LogP contribution is -2.63. The molecule has 0 radical (unpaired) electrons. The number of rotatable bonds is 7. The molecule has 3 atom stereocenters. The van der Waals surface area contributed by atoms with E-state index in [9.17, 15) is 19.5 Å². The van der Waals surface area contributed by atoms with E-state index in [1.807, 2.05) is 13.8 Å². The monoisotopic (exact) mass is 431 g/mol. The second-order valence-electron chi connectivity index (χ2n) is 8.63. The topological polar surface area (TPSA) is 108 Å². The van der Waals surface area contributed by atoms with Crippen LogP contribution in [0.2, 0.25) is 19.6 Å². The zero-order valence-corrected chi connectivity index (χ0v) is 19.0. The Hall–Kier alpha value is -2.65. The Morgan fingerprint density at radius 3 is 2.43 bits per heavy atom. The van der Waals surface area contributed by atoms with E-state index >= 15 is 0 Å². The fourth-order valence-electron chi connectivity index (χ4n) is 4.23. The summed E-state index contributed by atoms with van der Waals surface area (Å²) in [5.41, 5.74) is 2.02. The number of urea groups is 1. The third-order valence-corrected chi connectivity index (χ3v) is 6.36. The number of β-lactam (4-membered cyclic amide) rings is 1. The Morgan fingerprint density at radius 2 is 1.90 bits per heavy atom. The van der Waals surface area contributed by atoms with Gasteiger partial charge in [0.15, 0.2) is 8.32 Å². The van der Waals surface area contributed by atoms with E-state index in [2.05, 4.69) is 30.3 Å². The molecule has 30 heavy (non-hydrogen) atoms. The van der Waals surface area contributed by atoms with Gasteiger partial charge in [0.05, 0.1) is 18.1 Å². The molecule has 3 amide bonds. The van der Waals surface area contributed by atoms with Gasteiger partial charge in [0, 0.05) is 12.2 Å². The fourth-order valence-corrected chi connectivity index (χ4v) is 5.50. The predicted octanol–water partition coefficient (Wildman–Crippen LogP) is 3.09. The molecule has 162 valence electrons. The lowest BCUT2D eigenvalue weighted by Gasteiger charge is -2.47. The molecule has 0 spiro atoms. The average molecular weight is 432 g/mol. The van der Waals surface area contributed by atoms with Gasteiger partial charge in [-0.3, -0.25) is 4.79 Å². The summed E-state index contributed by atoms with van der Waals surface area (Å²) < 4.78 is 6.11. The van der Waals surface area contributed by atoms with Gasteiger partial charge in [-0.25, -0.2) is 9.59 Å². The molecule has 0 unspecified atom stereocenters. The molecular formula is C21H29N3O5Si. The summed E-state index contributed by atoms with van der Waals surface area (Å²) in [5, 5.41) is 15.2. The number of anilines is 1. The van der Waals surface area contributed by atoms with Gasteiger partial charge in [0.1, 0.15) is 5.70 Å². The Bertz CT molecular complexity index is 891. The number of carbonyl (C=O) groups is 3. The second kappa shape index (κ2) is 8.23. The van der Waals surface area contributed by atoms with Gasteiger partial charge in [0.25, 0.3) is 0 Å². The zero-order valence-electron chi connectivity index (χ0n) is 18.0. The molecule has 0 bridgehead atoms. The largest absolute Gasteiger partial charge is 0.477 e. The van der Waals surface area contributed by atoms with Gasteiger partial charge in [-0.15, -0.1) is 0 Å². The molecule has 3 rings (SSSR count). The van der Waals surface area contributed by atoms with Crippen LogP contribution in [-0.2, 0) is 14.0 Å². The van der Waals surface area contributed by atoms with Crippen LogP contribution >= 0.6 is 0 Å². The average Bonchev–Trinajstić information content (AvgIpc) is 2.96. The van der Waals surface area contributed by atoms with Crippen LogP contribution in [0.1, 0.15) is 25.8 Å². The normalized spacial score (nSPS) is 21.8. The summed E-state index contributed by atoms with van der Waals surface area (Å²) >= 11 is 0. The highest BCUT2D eigenvalue weighted by Gasteiger charge is 2.57. The first-order valence-corrected chi connectivity index (χ1v) is 13.6. The first-order chi connectivity index (χ1) is 14.0. The first kappa shape index (κ1) is 22.0. The van der Waals surface area contributed by atoms with Crippen molar-refractivity contribution in [3.8, 4) is 0 Å². The van der Waals surface area contributed by atoms with Crippen LogP contribution in [0.15, 0.2) is 30.0 Å². The van der Waals surface area contributed by atoms with Crippen LogP contribution in [0.25, 0.3) is 5.57 Å². The van der Waals surface area contributed by atoms with Gasteiger partial charge < -0.3 is 25.1 Å². The maximum atomic E-state index is 12.8. The number of nitrogens with zero attached hydrogens (tertiary/aromatic N) is 1. The molecule has 2 aliphatic rings. The number of amides is 3. The van der Waals surface area contributed by atoms with E-state index in [4.69, 9.17) is 4.43 Å². The first-order valence-electron chi connectivity index (χ1n) is 10.2. The predicted molar refractivity (Wildman–Crippen MR) is 116 cm³/mol. The molecular weight excluding hydrogens is 402 g/mol. The van der Waals surface area contributed by atoms with Crippen molar-refractivity contribution in [2.45, 2.75) is 52.1 Å². The van der Waals surface area contributed by atoms with Gasteiger partial charge >= 0.3 is 12.0 Å². The molecule has 1 saturated heterocycles. The van der Waals surface area contributed by atoms with Crippen LogP contribution < -0.4 is 10.6 Å². The number of aliphatic carboxylic acids is 1. The van der Waals surface area contributed by atoms with E-state index in [0.29, 0.717) is 24.2 Å². The van der Waals surface area contributed by atoms with Crippen LogP contribution in [0.4, 0.5) is 10.5 Å². The summed E-state index contributed by atoms with van der Waals surface area (Å²) in [6.07, 6.45) is 0.226. The SMILES string of the molecule is CCNC(=O)Nc1ccc(C2=C(C(=O)O)N3C(=O)[C@H]([C@@H](C)O[Si](C)(C)C)[C@H]3C2)cc1. The number of benzene rings is 1. The molecule has 3 N–H and O–H groups in total. The minimum absolute atomic E-state index is 0.0471. The Balaban J connectivity index is 1.81. The molecule has 0 aromatic heterocycles. The highest BCUT2D eigenvalue weighted by Crippen LogP contribution is 2.47.